The van der Waals surface area contributed by atoms with Crippen molar-refractivity contribution < 1.29 is 0 Å². The predicted molar refractivity (Wildman–Crippen MR) is 81.8 cm³/mol. The van der Waals surface area contributed by atoms with Crippen LogP contribution in [0.15, 0.2) is 42.7 Å². The summed E-state index contributed by atoms with van der Waals surface area (Å²) < 4.78 is 2.15. The van der Waals surface area contributed by atoms with Crippen LogP contribution in [0.5, 0.6) is 0 Å². The number of benzene rings is 1. The Kier molecular flexibility index (Phi) is 3.69. The van der Waals surface area contributed by atoms with Gasteiger partial charge in [-0.2, -0.15) is 0 Å². The second kappa shape index (κ2) is 5.79. The topological polar surface area (TPSA) is 71.7 Å². The molecule has 2 heterocycles. The molecule has 3 aromatic rings. The van der Waals surface area contributed by atoms with Crippen LogP contribution in [0.4, 0.5) is 5.95 Å². The zero-order chi connectivity index (χ0) is 13.8. The minimum absolute atomic E-state index is 0.604. The number of nitrogens with zero attached hydrogens (tertiary/aromatic N) is 2. The molecule has 0 saturated heterocycles. The number of imidazole rings is 1. The number of hydrogen-bond donors (Lipinski definition) is 3. The van der Waals surface area contributed by atoms with Crippen molar-refractivity contribution in [3.8, 4) is 0 Å². The van der Waals surface area contributed by atoms with Gasteiger partial charge in [-0.15, -0.1) is 0 Å². The van der Waals surface area contributed by atoms with Gasteiger partial charge in [0, 0.05) is 32.0 Å². The van der Waals surface area contributed by atoms with Crippen molar-refractivity contribution in [3.05, 3.63) is 48.3 Å². The summed E-state index contributed by atoms with van der Waals surface area (Å²) in [4.78, 5) is 7.71. The molecule has 0 bridgehead atoms. The molecule has 0 aliphatic rings. The van der Waals surface area contributed by atoms with E-state index >= 15 is 0 Å². The number of H-pyrrole nitrogens is 1. The Balaban J connectivity index is 1.77. The minimum Gasteiger partial charge on any atom is -0.367 e. The highest BCUT2D eigenvalue weighted by Crippen LogP contribution is 2.19. The first-order valence-corrected chi connectivity index (χ1v) is 6.89. The van der Waals surface area contributed by atoms with Gasteiger partial charge in [-0.1, -0.05) is 12.1 Å². The third-order valence-corrected chi connectivity index (χ3v) is 3.37. The zero-order valence-corrected chi connectivity index (χ0v) is 11.3. The maximum atomic E-state index is 5.70. The summed E-state index contributed by atoms with van der Waals surface area (Å²) in [6, 6.07) is 10.2. The first-order chi connectivity index (χ1) is 9.88. The number of para-hydroxylation sites is 2. The average Bonchev–Trinajstić information content (AvgIpc) is 3.08. The molecular formula is C15H19N5. The quantitative estimate of drug-likeness (QED) is 0.640. The number of hydrogen-bond acceptors (Lipinski definition) is 3. The van der Waals surface area contributed by atoms with Crippen LogP contribution >= 0.6 is 0 Å². The number of nitrogens with two attached hydrogens (primary N) is 1. The van der Waals surface area contributed by atoms with Crippen LogP contribution in [-0.4, -0.2) is 27.6 Å². The number of fused-ring (bicyclic) bond motifs is 1. The fraction of sp³-hybridized carbons (Fsp3) is 0.267. The number of rotatable bonds is 6. The maximum Gasteiger partial charge on any atom is 0.203 e. The Morgan fingerprint density at radius 1 is 1.25 bits per heavy atom. The van der Waals surface area contributed by atoms with Gasteiger partial charge >= 0.3 is 0 Å². The van der Waals surface area contributed by atoms with Crippen molar-refractivity contribution in [2.24, 2.45) is 5.73 Å². The summed E-state index contributed by atoms with van der Waals surface area (Å²) >= 11 is 0. The normalized spacial score (nSPS) is 11.1. The summed E-state index contributed by atoms with van der Waals surface area (Å²) in [5.41, 5.74) is 9.13. The zero-order valence-electron chi connectivity index (χ0n) is 11.3. The molecule has 0 aliphatic heterocycles. The van der Waals surface area contributed by atoms with Gasteiger partial charge in [-0.05, 0) is 30.2 Å². The summed E-state index contributed by atoms with van der Waals surface area (Å²) in [6.07, 6.45) is 4.93. The lowest BCUT2D eigenvalue weighted by atomic mass is 10.2. The van der Waals surface area contributed by atoms with E-state index in [9.17, 15) is 0 Å². The van der Waals surface area contributed by atoms with Gasteiger partial charge < -0.3 is 20.6 Å². The van der Waals surface area contributed by atoms with Crippen LogP contribution in [0, 0.1) is 0 Å². The summed E-state index contributed by atoms with van der Waals surface area (Å²) in [6.45, 7) is 2.23. The van der Waals surface area contributed by atoms with Crippen molar-refractivity contribution in [3.63, 3.8) is 0 Å². The number of nitrogens with one attached hydrogen (secondary N) is 2. The molecule has 0 radical (unpaired) electrons. The van der Waals surface area contributed by atoms with Gasteiger partial charge in [0.15, 0.2) is 0 Å². The van der Waals surface area contributed by atoms with Gasteiger partial charge in [0.25, 0.3) is 0 Å². The fourth-order valence-electron chi connectivity index (χ4n) is 2.40. The summed E-state index contributed by atoms with van der Waals surface area (Å²) in [5.74, 6) is 0.896. The van der Waals surface area contributed by atoms with Crippen LogP contribution in [-0.2, 0) is 13.0 Å². The van der Waals surface area contributed by atoms with Crippen LogP contribution < -0.4 is 11.1 Å². The molecule has 0 fully saturated rings. The van der Waals surface area contributed by atoms with Crippen molar-refractivity contribution >= 4 is 17.0 Å². The van der Waals surface area contributed by atoms with Crippen molar-refractivity contribution in [2.75, 3.05) is 18.4 Å². The van der Waals surface area contributed by atoms with E-state index in [1.807, 2.05) is 30.6 Å². The highest BCUT2D eigenvalue weighted by molar-refractivity contribution is 5.78. The molecule has 1 aromatic carbocycles. The first kappa shape index (κ1) is 12.7. The Morgan fingerprint density at radius 3 is 2.95 bits per heavy atom. The Morgan fingerprint density at radius 2 is 2.15 bits per heavy atom. The van der Waals surface area contributed by atoms with E-state index in [0.717, 1.165) is 36.5 Å². The van der Waals surface area contributed by atoms with Gasteiger partial charge in [0.05, 0.1) is 11.0 Å². The van der Waals surface area contributed by atoms with E-state index in [1.54, 1.807) is 0 Å². The molecule has 4 N–H and O–H groups in total. The minimum atomic E-state index is 0.604. The molecule has 0 unspecified atom stereocenters. The molecule has 5 nitrogen and oxygen atoms in total. The molecule has 104 valence electrons. The van der Waals surface area contributed by atoms with Crippen molar-refractivity contribution in [1.29, 1.82) is 0 Å². The molecule has 0 saturated carbocycles. The lowest BCUT2D eigenvalue weighted by molar-refractivity contribution is 0.730. The third-order valence-electron chi connectivity index (χ3n) is 3.37. The van der Waals surface area contributed by atoms with E-state index in [1.165, 1.54) is 5.56 Å². The van der Waals surface area contributed by atoms with Crippen molar-refractivity contribution in [2.45, 2.75) is 13.0 Å². The van der Waals surface area contributed by atoms with Gasteiger partial charge in [0.2, 0.25) is 5.95 Å². The second-order valence-electron chi connectivity index (χ2n) is 4.76. The Bertz CT molecular complexity index is 669. The third kappa shape index (κ3) is 2.53. The van der Waals surface area contributed by atoms with Crippen LogP contribution in [0.1, 0.15) is 5.56 Å². The summed E-state index contributed by atoms with van der Waals surface area (Å²) in [5, 5.41) is 3.41. The molecule has 0 spiro atoms. The average molecular weight is 269 g/mol. The largest absolute Gasteiger partial charge is 0.367 e. The van der Waals surface area contributed by atoms with Crippen molar-refractivity contribution in [1.82, 2.24) is 14.5 Å². The lowest BCUT2D eigenvalue weighted by Crippen LogP contribution is -2.15. The van der Waals surface area contributed by atoms with E-state index in [4.69, 9.17) is 5.73 Å². The Hall–Kier alpha value is -2.27. The SMILES string of the molecule is NCCn1c(NCCc2cc[nH]c2)nc2ccccc21. The van der Waals surface area contributed by atoms with E-state index in [-0.39, 0.29) is 0 Å². The van der Waals surface area contributed by atoms with Crippen LogP contribution in [0.2, 0.25) is 0 Å². The fourth-order valence-corrected chi connectivity index (χ4v) is 2.40. The second-order valence-corrected chi connectivity index (χ2v) is 4.76. The van der Waals surface area contributed by atoms with E-state index in [2.05, 4.69) is 32.0 Å². The standard InChI is InChI=1S/C15H19N5/c16-7-10-20-14-4-2-1-3-13(14)19-15(20)18-9-6-12-5-8-17-11-12/h1-5,8,11,17H,6-7,9-10,16H2,(H,18,19). The monoisotopic (exact) mass is 269 g/mol. The van der Waals surface area contributed by atoms with Gasteiger partial charge in [-0.3, -0.25) is 0 Å². The molecule has 2 aromatic heterocycles. The maximum absolute atomic E-state index is 5.70. The molecule has 20 heavy (non-hydrogen) atoms. The molecule has 0 atom stereocenters. The predicted octanol–water partition coefficient (Wildman–Crippen LogP) is 1.98. The molecule has 0 aliphatic carbocycles. The number of aromatic nitrogens is 3. The lowest BCUT2D eigenvalue weighted by Gasteiger charge is -2.09. The smallest absolute Gasteiger partial charge is 0.203 e. The number of anilines is 1. The Labute approximate surface area is 117 Å². The molecule has 5 heteroatoms. The van der Waals surface area contributed by atoms with Gasteiger partial charge in [0.1, 0.15) is 0 Å². The molecule has 3 rings (SSSR count). The summed E-state index contributed by atoms with van der Waals surface area (Å²) in [7, 11) is 0. The highest BCUT2D eigenvalue weighted by atomic mass is 15.2. The van der Waals surface area contributed by atoms with Crippen LogP contribution in [0.25, 0.3) is 11.0 Å². The van der Waals surface area contributed by atoms with Crippen LogP contribution in [0.3, 0.4) is 0 Å². The van der Waals surface area contributed by atoms with E-state index < -0.39 is 0 Å². The molecule has 0 amide bonds. The number of aromatic amines is 1. The van der Waals surface area contributed by atoms with Gasteiger partial charge in [-0.25, -0.2) is 4.98 Å². The van der Waals surface area contributed by atoms with E-state index in [0.29, 0.717) is 6.54 Å². The molecular weight excluding hydrogens is 250 g/mol. The highest BCUT2D eigenvalue weighted by Gasteiger charge is 2.08. The first-order valence-electron chi connectivity index (χ1n) is 6.89.